The second-order valence-electron chi connectivity index (χ2n) is 13.4. The molecule has 1 aliphatic heterocycles. The molecule has 1 aromatic rings. The Hall–Kier alpha value is -1.56. The quantitative estimate of drug-likeness (QED) is 0.399. The second kappa shape index (κ2) is 7.26. The van der Waals surface area contributed by atoms with E-state index in [0.717, 1.165) is 51.5 Å². The predicted octanol–water partition coefficient (Wildman–Crippen LogP) is 4.87. The lowest BCUT2D eigenvalue weighted by Gasteiger charge is -2.75. The molecule has 4 saturated carbocycles. The summed E-state index contributed by atoms with van der Waals surface area (Å²) in [4.78, 5) is 0. The molecule has 4 fully saturated rings. The molecule has 6 aliphatic rings. The third-order valence-corrected chi connectivity index (χ3v) is 11.6. The van der Waals surface area contributed by atoms with Crippen LogP contribution in [0.3, 0.4) is 0 Å². The van der Waals surface area contributed by atoms with Crippen LogP contribution in [0, 0.1) is 22.7 Å². The number of phenolic OH excluding ortho intramolecular Hbond substituents is 1. The van der Waals surface area contributed by atoms with Crippen LogP contribution in [0.5, 0.6) is 11.5 Å². The molecule has 0 radical (unpaired) electrons. The summed E-state index contributed by atoms with van der Waals surface area (Å²) in [5, 5.41) is 27.1. The molecule has 2 spiro atoms. The molecule has 3 N–H and O–H groups in total. The maximum Gasteiger partial charge on any atom is 0.165 e. The largest absolute Gasteiger partial charge is 0.504 e. The van der Waals surface area contributed by atoms with E-state index in [-0.39, 0.29) is 34.0 Å². The van der Waals surface area contributed by atoms with Gasteiger partial charge in [0.05, 0.1) is 5.60 Å². The average molecular weight is 482 g/mol. The lowest BCUT2D eigenvalue weighted by molar-refractivity contribution is -0.311. The van der Waals surface area contributed by atoms with Crippen LogP contribution in [-0.4, -0.2) is 47.2 Å². The molecule has 4 bridgehead atoms. The molecule has 192 valence electrons. The molecule has 35 heavy (non-hydrogen) atoms. The van der Waals surface area contributed by atoms with Crippen LogP contribution in [0.25, 0.3) is 0 Å². The monoisotopic (exact) mass is 481 g/mol. The molecule has 7 rings (SSSR count). The molecule has 5 heteroatoms. The Morgan fingerprint density at radius 3 is 2.69 bits per heavy atom. The van der Waals surface area contributed by atoms with Crippen LogP contribution < -0.4 is 10.1 Å². The van der Waals surface area contributed by atoms with Crippen molar-refractivity contribution in [1.82, 2.24) is 5.32 Å². The molecule has 0 saturated heterocycles. The number of phenols is 1. The number of fused-ring (bicyclic) bond motifs is 2. The lowest BCUT2D eigenvalue weighted by atomic mass is 9.30. The SMILES string of the molecule is C=CCCN[C@@H]1CC[C@]23c4c5ccc(O)c4O[C@H]2[C@@]2(OC)CC[C@@]3(C[C@@H]2[C@](C)(O)C(C)(C)C)[C@H]1C5. The highest BCUT2D eigenvalue weighted by Gasteiger charge is 2.82. The summed E-state index contributed by atoms with van der Waals surface area (Å²) in [5.41, 5.74) is 0.601. The van der Waals surface area contributed by atoms with E-state index >= 15 is 0 Å². The number of hydrogen-bond donors (Lipinski definition) is 3. The highest BCUT2D eigenvalue weighted by atomic mass is 16.6. The van der Waals surface area contributed by atoms with Gasteiger partial charge in [0, 0.05) is 30.0 Å². The molecule has 0 aromatic heterocycles. The maximum absolute atomic E-state index is 12.2. The number of methoxy groups -OCH3 is 1. The van der Waals surface area contributed by atoms with Crippen molar-refractivity contribution in [3.63, 3.8) is 0 Å². The number of rotatable bonds is 6. The molecule has 8 atom stereocenters. The zero-order chi connectivity index (χ0) is 25.0. The standard InChI is InChI=1S/C30H43NO4/c1-7-8-15-31-20-11-12-29-23-18-9-10-21(32)24(23)35-25(29)30(34-6)14-13-28(29,19(20)16-18)17-22(30)27(5,33)26(2,3)4/h7,9-10,19-20,22,25,31-33H,1,8,11-17H2,2-6H3/t19-,20+,22+,25+,27-,28+,29-,30+/m0/s1. The molecular formula is C30H43NO4. The van der Waals surface area contributed by atoms with E-state index in [4.69, 9.17) is 9.47 Å². The fraction of sp³-hybridized carbons (Fsp3) is 0.733. The third-order valence-electron chi connectivity index (χ3n) is 11.6. The van der Waals surface area contributed by atoms with Gasteiger partial charge in [0.25, 0.3) is 0 Å². The van der Waals surface area contributed by atoms with Crippen molar-refractivity contribution in [3.8, 4) is 11.5 Å². The van der Waals surface area contributed by atoms with Crippen LogP contribution in [0.1, 0.15) is 77.3 Å². The molecule has 5 nitrogen and oxygen atoms in total. The van der Waals surface area contributed by atoms with Gasteiger partial charge in [-0.05, 0) is 86.8 Å². The van der Waals surface area contributed by atoms with Crippen LogP contribution in [0.15, 0.2) is 24.8 Å². The van der Waals surface area contributed by atoms with Gasteiger partial charge in [0.1, 0.15) is 11.7 Å². The van der Waals surface area contributed by atoms with Crippen molar-refractivity contribution < 1.29 is 19.7 Å². The van der Waals surface area contributed by atoms with E-state index in [0.29, 0.717) is 17.7 Å². The molecular weight excluding hydrogens is 438 g/mol. The zero-order valence-electron chi connectivity index (χ0n) is 22.1. The smallest absolute Gasteiger partial charge is 0.165 e. The van der Waals surface area contributed by atoms with Gasteiger partial charge in [0.2, 0.25) is 0 Å². The number of benzene rings is 1. The van der Waals surface area contributed by atoms with E-state index < -0.39 is 11.2 Å². The van der Waals surface area contributed by atoms with E-state index in [9.17, 15) is 10.2 Å². The minimum Gasteiger partial charge on any atom is -0.504 e. The van der Waals surface area contributed by atoms with Crippen LogP contribution in [0.4, 0.5) is 0 Å². The van der Waals surface area contributed by atoms with Gasteiger partial charge in [-0.3, -0.25) is 0 Å². The van der Waals surface area contributed by atoms with Gasteiger partial charge < -0.3 is 25.0 Å². The fourth-order valence-corrected chi connectivity index (χ4v) is 9.60. The van der Waals surface area contributed by atoms with Crippen LogP contribution in [0.2, 0.25) is 0 Å². The summed E-state index contributed by atoms with van der Waals surface area (Å²) in [6, 6.07) is 4.39. The first-order valence-electron chi connectivity index (χ1n) is 13.6. The number of nitrogens with one attached hydrogen (secondary N) is 1. The summed E-state index contributed by atoms with van der Waals surface area (Å²) in [6.07, 6.45) is 8.78. The molecule has 1 aromatic carbocycles. The highest BCUT2D eigenvalue weighted by Crippen LogP contribution is 2.79. The second-order valence-corrected chi connectivity index (χ2v) is 13.4. The Morgan fingerprint density at radius 1 is 1.23 bits per heavy atom. The highest BCUT2D eigenvalue weighted by molar-refractivity contribution is 5.63. The zero-order valence-corrected chi connectivity index (χ0v) is 22.1. The van der Waals surface area contributed by atoms with Crippen LogP contribution in [-0.2, 0) is 16.6 Å². The predicted molar refractivity (Wildman–Crippen MR) is 137 cm³/mol. The Morgan fingerprint density at radius 2 is 2.00 bits per heavy atom. The van der Waals surface area contributed by atoms with Crippen molar-refractivity contribution >= 4 is 0 Å². The van der Waals surface area contributed by atoms with Crippen LogP contribution >= 0.6 is 0 Å². The first-order chi connectivity index (χ1) is 16.5. The minimum absolute atomic E-state index is 0.00793. The normalized spacial score (nSPS) is 42.2. The lowest BCUT2D eigenvalue weighted by Crippen LogP contribution is -2.81. The number of aromatic hydroxyl groups is 1. The average Bonchev–Trinajstić information content (AvgIpc) is 3.18. The van der Waals surface area contributed by atoms with Gasteiger partial charge in [-0.25, -0.2) is 0 Å². The van der Waals surface area contributed by atoms with Gasteiger partial charge >= 0.3 is 0 Å². The summed E-state index contributed by atoms with van der Waals surface area (Å²) in [6.45, 7) is 13.3. The van der Waals surface area contributed by atoms with E-state index in [1.54, 1.807) is 0 Å². The molecule has 0 amide bonds. The van der Waals surface area contributed by atoms with Crippen molar-refractivity contribution in [3.05, 3.63) is 35.9 Å². The van der Waals surface area contributed by atoms with Crippen molar-refractivity contribution in [2.24, 2.45) is 22.7 Å². The number of ether oxygens (including phenoxy) is 2. The van der Waals surface area contributed by atoms with E-state index in [1.807, 2.05) is 26.2 Å². The van der Waals surface area contributed by atoms with Crippen molar-refractivity contribution in [1.29, 1.82) is 0 Å². The molecule has 0 unspecified atom stereocenters. The van der Waals surface area contributed by atoms with Gasteiger partial charge in [-0.1, -0.05) is 32.9 Å². The number of hydrogen-bond acceptors (Lipinski definition) is 5. The maximum atomic E-state index is 12.2. The van der Waals surface area contributed by atoms with E-state index in [2.05, 4.69) is 38.7 Å². The number of aliphatic hydroxyl groups is 1. The third kappa shape index (κ3) is 2.60. The fourth-order valence-electron chi connectivity index (χ4n) is 9.60. The topological polar surface area (TPSA) is 71.0 Å². The Kier molecular flexibility index (Phi) is 4.94. The Labute approximate surface area is 210 Å². The van der Waals surface area contributed by atoms with Crippen molar-refractivity contribution in [2.75, 3.05) is 13.7 Å². The summed E-state index contributed by atoms with van der Waals surface area (Å²) in [5.74, 6) is 1.34. The molecule has 5 aliphatic carbocycles. The Bertz CT molecular complexity index is 1060. The summed E-state index contributed by atoms with van der Waals surface area (Å²) < 4.78 is 13.4. The van der Waals surface area contributed by atoms with Gasteiger partial charge in [-0.15, -0.1) is 6.58 Å². The summed E-state index contributed by atoms with van der Waals surface area (Å²) in [7, 11) is 1.82. The Balaban J connectivity index is 1.57. The first kappa shape index (κ1) is 23.8. The summed E-state index contributed by atoms with van der Waals surface area (Å²) >= 11 is 0. The van der Waals surface area contributed by atoms with Gasteiger partial charge in [0.15, 0.2) is 11.5 Å². The van der Waals surface area contributed by atoms with Gasteiger partial charge in [-0.2, -0.15) is 0 Å². The molecule has 1 heterocycles. The van der Waals surface area contributed by atoms with Crippen molar-refractivity contribution in [2.45, 2.75) is 101 Å². The van der Waals surface area contributed by atoms with E-state index in [1.165, 1.54) is 11.1 Å². The minimum atomic E-state index is -0.932. The first-order valence-corrected chi connectivity index (χ1v) is 13.6.